The summed E-state index contributed by atoms with van der Waals surface area (Å²) in [6.07, 6.45) is 0.915. The molecule has 0 bridgehead atoms. The summed E-state index contributed by atoms with van der Waals surface area (Å²) < 4.78 is 22.7. The summed E-state index contributed by atoms with van der Waals surface area (Å²) >= 11 is 0. The van der Waals surface area contributed by atoms with Gasteiger partial charge in [-0.05, 0) is 55.3 Å². The number of rotatable bonds is 5. The molecule has 0 unspecified atom stereocenters. The fourth-order valence-electron chi connectivity index (χ4n) is 7.48. The molecule has 8 nitrogen and oxygen atoms in total. The first-order valence-corrected chi connectivity index (χ1v) is 17.1. The van der Waals surface area contributed by atoms with Crippen molar-refractivity contribution in [1.29, 1.82) is 0 Å². The van der Waals surface area contributed by atoms with Gasteiger partial charge in [0.1, 0.15) is 0 Å². The molecular weight excluding hydrogens is 529 g/mol. The predicted molar refractivity (Wildman–Crippen MR) is 151 cm³/mol. The van der Waals surface area contributed by atoms with Crippen molar-refractivity contribution in [2.75, 3.05) is 23.4 Å². The molecule has 4 heterocycles. The Labute approximate surface area is 234 Å². The molecule has 2 N–H and O–H groups in total. The number of benzene rings is 2. The number of hydrogen-bond acceptors (Lipinski definition) is 5. The third kappa shape index (κ3) is 4.19. The van der Waals surface area contributed by atoms with Crippen LogP contribution in [0.5, 0.6) is 0 Å². The van der Waals surface area contributed by atoms with Crippen LogP contribution in [0.3, 0.4) is 0 Å². The van der Waals surface area contributed by atoms with Gasteiger partial charge < -0.3 is 29.1 Å². The molecule has 2 aromatic rings. The summed E-state index contributed by atoms with van der Waals surface area (Å²) in [5.74, 6) is -1.08. The van der Waals surface area contributed by atoms with Gasteiger partial charge in [-0.2, -0.15) is 0 Å². The first-order valence-electron chi connectivity index (χ1n) is 14.1. The average Bonchev–Trinajstić information content (AvgIpc) is 3.56. The number of fused-ring (bicyclic) bond motifs is 3. The Balaban J connectivity index is 1.33. The lowest BCUT2D eigenvalue weighted by molar-refractivity contribution is -0.149. The number of ether oxygens (including phenoxy) is 1. The summed E-state index contributed by atoms with van der Waals surface area (Å²) in [5, 5.41) is 13.0. The van der Waals surface area contributed by atoms with Gasteiger partial charge in [0.05, 0.1) is 25.2 Å². The molecule has 6 rings (SSSR count). The molecule has 0 aromatic heterocycles. The Hall–Kier alpha value is -3.08. The molecule has 0 saturated carbocycles. The van der Waals surface area contributed by atoms with Crippen LogP contribution in [0, 0.1) is 5.92 Å². The number of halogens is 1. The third-order valence-electron chi connectivity index (χ3n) is 9.35. The van der Waals surface area contributed by atoms with E-state index in [0.717, 1.165) is 17.5 Å². The Bertz CT molecular complexity index is 1380. The number of nitrogens with zero attached hydrogens (tertiary/aromatic N) is 2. The predicted octanol–water partition coefficient (Wildman–Crippen LogP) is 3.88. The maximum atomic E-state index is 16.1. The lowest BCUT2D eigenvalue weighted by Gasteiger charge is -2.37. The van der Waals surface area contributed by atoms with Crippen LogP contribution in [-0.2, 0) is 37.7 Å². The fourth-order valence-corrected chi connectivity index (χ4v) is 9.97. The van der Waals surface area contributed by atoms with Gasteiger partial charge in [0.2, 0.25) is 20.2 Å². The Morgan fingerprint density at radius 2 is 1.95 bits per heavy atom. The van der Waals surface area contributed by atoms with E-state index in [1.807, 2.05) is 43.3 Å². The highest BCUT2D eigenvalue weighted by atomic mass is 28.4. The van der Waals surface area contributed by atoms with E-state index in [9.17, 15) is 19.5 Å². The molecule has 2 aromatic carbocycles. The Morgan fingerprint density at radius 1 is 1.20 bits per heavy atom. The number of aliphatic hydroxyl groups is 1. The highest BCUT2D eigenvalue weighted by Crippen LogP contribution is 2.59. The van der Waals surface area contributed by atoms with Gasteiger partial charge in [0.15, 0.2) is 5.60 Å². The molecular formula is C30H36FN3O5Si. The van der Waals surface area contributed by atoms with E-state index < -0.39 is 31.6 Å². The van der Waals surface area contributed by atoms with Crippen molar-refractivity contribution in [3.8, 4) is 0 Å². The number of anilines is 2. The second-order valence-corrected chi connectivity index (χ2v) is 15.9. The van der Waals surface area contributed by atoms with E-state index >= 15 is 4.11 Å². The summed E-state index contributed by atoms with van der Waals surface area (Å²) in [6, 6.07) is 12.9. The van der Waals surface area contributed by atoms with Crippen LogP contribution in [0.2, 0.25) is 18.6 Å². The molecule has 2 saturated heterocycles. The maximum Gasteiger partial charge on any atom is 0.261 e. The summed E-state index contributed by atoms with van der Waals surface area (Å²) in [7, 11) is -3.43. The van der Waals surface area contributed by atoms with Gasteiger partial charge in [0.25, 0.3) is 5.91 Å². The van der Waals surface area contributed by atoms with E-state index in [0.29, 0.717) is 42.9 Å². The van der Waals surface area contributed by atoms with Crippen molar-refractivity contribution < 1.29 is 28.3 Å². The van der Waals surface area contributed by atoms with Crippen molar-refractivity contribution in [3.63, 3.8) is 0 Å². The lowest BCUT2D eigenvalue weighted by atomic mass is 9.82. The summed E-state index contributed by atoms with van der Waals surface area (Å²) in [6.45, 7) is 5.86. The molecule has 212 valence electrons. The maximum absolute atomic E-state index is 16.1. The minimum absolute atomic E-state index is 0.0341. The van der Waals surface area contributed by atoms with E-state index in [4.69, 9.17) is 4.74 Å². The Kier molecular flexibility index (Phi) is 6.63. The van der Waals surface area contributed by atoms with Crippen molar-refractivity contribution >= 4 is 37.5 Å². The molecule has 0 radical (unpaired) electrons. The van der Waals surface area contributed by atoms with Crippen molar-refractivity contribution in [1.82, 2.24) is 4.90 Å². The number of carbonyl (C=O) groups is 3. The smallest absolute Gasteiger partial charge is 0.261 e. The van der Waals surface area contributed by atoms with Crippen molar-refractivity contribution in [2.24, 2.45) is 5.92 Å². The van der Waals surface area contributed by atoms with E-state index in [1.54, 1.807) is 29.0 Å². The van der Waals surface area contributed by atoms with Crippen LogP contribution in [-0.4, -0.2) is 61.4 Å². The first-order chi connectivity index (χ1) is 19.0. The molecule has 40 heavy (non-hydrogen) atoms. The van der Waals surface area contributed by atoms with Crippen LogP contribution in [0.25, 0.3) is 0 Å². The third-order valence-corrected chi connectivity index (χ3v) is 11.8. The molecule has 5 atom stereocenters. The number of carbonyl (C=O) groups excluding carboxylic acids is 3. The van der Waals surface area contributed by atoms with E-state index in [1.165, 1.54) is 0 Å². The topological polar surface area (TPSA) is 99.2 Å². The second-order valence-electron chi connectivity index (χ2n) is 12.1. The van der Waals surface area contributed by atoms with Crippen LogP contribution >= 0.6 is 0 Å². The van der Waals surface area contributed by atoms with Gasteiger partial charge in [-0.1, -0.05) is 31.2 Å². The molecule has 1 spiro atoms. The van der Waals surface area contributed by atoms with Crippen LogP contribution in [0.1, 0.15) is 42.9 Å². The SMILES string of the molecule is C[C@H]1[C@H]([Si](C)(C)F)[C@@H](CC(=O)N2Cc3ccccc3C[C@H]2CO)O[C@]12C(=O)Nc1ccc(N3CCCC3=O)cc12. The molecule has 10 heteroatoms. The van der Waals surface area contributed by atoms with Gasteiger partial charge >= 0.3 is 0 Å². The number of aliphatic hydroxyl groups excluding tert-OH is 1. The van der Waals surface area contributed by atoms with Crippen LogP contribution in [0.4, 0.5) is 15.5 Å². The second kappa shape index (κ2) is 9.78. The number of amides is 3. The molecule has 2 fully saturated rings. The van der Waals surface area contributed by atoms with Crippen LogP contribution < -0.4 is 10.2 Å². The summed E-state index contributed by atoms with van der Waals surface area (Å²) in [4.78, 5) is 43.3. The summed E-state index contributed by atoms with van der Waals surface area (Å²) in [5.41, 5.74) is 1.95. The highest BCUT2D eigenvalue weighted by molar-refractivity contribution is 6.72. The van der Waals surface area contributed by atoms with Gasteiger partial charge in [-0.25, -0.2) is 0 Å². The highest BCUT2D eigenvalue weighted by Gasteiger charge is 2.65. The normalized spacial score (nSPS) is 29.6. The standard InChI is InChI=1S/C30H36FN3O5Si/c1-18-28(40(2,3)31)25(15-27(37)34-16-20-8-5-4-7-19(20)13-22(34)17-35)39-30(18)23-14-21(33-12-6-9-26(33)36)10-11-24(23)32-29(30)38/h4-5,7-8,10-11,14,18,22,25,28,35H,6,9,12-13,15-17H2,1-3H3,(H,32,38)/t18-,22-,25+,28-,30+/m0/s1. The largest absolute Gasteiger partial charge is 0.394 e. The van der Waals surface area contributed by atoms with Crippen LogP contribution in [0.15, 0.2) is 42.5 Å². The van der Waals surface area contributed by atoms with Crippen molar-refractivity contribution in [3.05, 3.63) is 59.2 Å². The molecule has 0 aliphatic carbocycles. The number of hydrogen-bond donors (Lipinski definition) is 2. The van der Waals surface area contributed by atoms with E-state index in [-0.39, 0.29) is 36.8 Å². The molecule has 4 aliphatic heterocycles. The number of nitrogens with one attached hydrogen (secondary N) is 1. The fraction of sp³-hybridized carbons (Fsp3) is 0.500. The van der Waals surface area contributed by atoms with Gasteiger partial charge in [-0.15, -0.1) is 0 Å². The van der Waals surface area contributed by atoms with Gasteiger partial charge in [0, 0.05) is 47.9 Å². The Morgan fingerprint density at radius 3 is 2.62 bits per heavy atom. The monoisotopic (exact) mass is 565 g/mol. The molecule has 3 amide bonds. The first kappa shape index (κ1) is 27.1. The zero-order chi connectivity index (χ0) is 28.4. The molecule has 4 aliphatic rings. The quantitative estimate of drug-likeness (QED) is 0.424. The minimum Gasteiger partial charge on any atom is -0.394 e. The average molecular weight is 566 g/mol. The zero-order valence-electron chi connectivity index (χ0n) is 23.2. The zero-order valence-corrected chi connectivity index (χ0v) is 24.2. The van der Waals surface area contributed by atoms with E-state index in [2.05, 4.69) is 5.32 Å². The minimum atomic E-state index is -3.43. The van der Waals surface area contributed by atoms with Gasteiger partial charge in [-0.3, -0.25) is 14.4 Å². The lowest BCUT2D eigenvalue weighted by Crippen LogP contribution is -2.48. The van der Waals surface area contributed by atoms with Crippen molar-refractivity contribution in [2.45, 2.75) is 75.5 Å².